The van der Waals surface area contributed by atoms with Crippen LogP contribution in [0, 0.1) is 0 Å². The van der Waals surface area contributed by atoms with Gasteiger partial charge >= 0.3 is 5.97 Å². The highest BCUT2D eigenvalue weighted by atomic mass is 16.4. The Labute approximate surface area is 80.7 Å². The molecular weight excluding hydrogens is 166 g/mol. The number of rotatable bonds is 6. The van der Waals surface area contributed by atoms with Gasteiger partial charge in [-0.3, -0.25) is 10.1 Å². The molecule has 5 N–H and O–H groups in total. The van der Waals surface area contributed by atoms with Crippen molar-refractivity contribution in [3.8, 4) is 0 Å². The molecule has 0 bridgehead atoms. The van der Waals surface area contributed by atoms with Gasteiger partial charge in [0.1, 0.15) is 0 Å². The quantitative estimate of drug-likeness (QED) is 0.311. The van der Waals surface area contributed by atoms with Crippen LogP contribution in [-0.4, -0.2) is 58.1 Å². The van der Waals surface area contributed by atoms with Crippen molar-refractivity contribution in [1.82, 2.24) is 5.32 Å². The molecule has 0 aromatic heterocycles. The number of hydrogen-bond acceptors (Lipinski definition) is 5. The predicted molar refractivity (Wildman–Crippen MR) is 39.6 cm³/mol. The van der Waals surface area contributed by atoms with Gasteiger partial charge < -0.3 is 20.4 Å². The number of hydrogen-bond donors (Lipinski definition) is 5. The van der Waals surface area contributed by atoms with Gasteiger partial charge in [0, 0.05) is 0 Å². The first-order valence-corrected chi connectivity index (χ1v) is 2.60. The molecule has 0 saturated carbocycles. The van der Waals surface area contributed by atoms with Crippen molar-refractivity contribution in [3.63, 3.8) is 0 Å². The molecule has 0 aliphatic rings. The van der Waals surface area contributed by atoms with Crippen LogP contribution in [-0.2, 0) is 4.79 Å². The smallest absolute Gasteiger partial charge is 0.317 e. The van der Waals surface area contributed by atoms with E-state index in [-0.39, 0.29) is 0 Å². The Hall–Kier alpha value is -0.690. The monoisotopic (exact) mass is 187 g/mol. The highest BCUT2D eigenvalue weighted by molar-refractivity contribution is 5.69. The van der Waals surface area contributed by atoms with Crippen molar-refractivity contribution in [1.29, 1.82) is 0 Å². The zero-order chi connectivity index (χ0) is 16.8. The summed E-state index contributed by atoms with van der Waals surface area (Å²) in [6.45, 7) is -16.0. The van der Waals surface area contributed by atoms with E-state index in [0.29, 0.717) is 0 Å². The molecule has 0 heterocycles. The van der Waals surface area contributed by atoms with Gasteiger partial charge in [0.2, 0.25) is 0 Å². The zero-order valence-corrected chi connectivity index (χ0v) is 5.70. The van der Waals surface area contributed by atoms with E-state index in [1.54, 1.807) is 0 Å². The molecule has 0 spiro atoms. The third-order valence-corrected chi connectivity index (χ3v) is 0.860. The van der Waals surface area contributed by atoms with Crippen LogP contribution in [0.15, 0.2) is 0 Å². The van der Waals surface area contributed by atoms with E-state index in [1.165, 1.54) is 0 Å². The SMILES string of the molecule is [2H]C([2H])(NC(C([2H])([2H])O)(C([2H])([2H])O)C([2H])([2H])O)C(=O)O. The maximum absolute atomic E-state index is 10.6. The molecule has 0 radical (unpaired) electrons. The lowest BCUT2D eigenvalue weighted by Crippen LogP contribution is -2.56. The molecule has 12 heavy (non-hydrogen) atoms. The summed E-state index contributed by atoms with van der Waals surface area (Å²) < 4.78 is 55.8. The molecule has 0 aliphatic heterocycles. The first-order valence-electron chi connectivity index (χ1n) is 6.60. The molecule has 6 nitrogen and oxygen atoms in total. The van der Waals surface area contributed by atoms with Crippen molar-refractivity contribution < 1.29 is 36.2 Å². The van der Waals surface area contributed by atoms with E-state index < -0.39 is 37.7 Å². The van der Waals surface area contributed by atoms with Crippen LogP contribution in [0.2, 0.25) is 0 Å². The summed E-state index contributed by atoms with van der Waals surface area (Å²) >= 11 is 0. The Morgan fingerprint density at radius 2 is 1.75 bits per heavy atom. The zero-order valence-electron chi connectivity index (χ0n) is 13.7. The Kier molecular flexibility index (Phi) is 1.51. The molecule has 72 valence electrons. The number of carboxylic acid groups (broad SMARTS) is 1. The van der Waals surface area contributed by atoms with Crippen LogP contribution in [0.1, 0.15) is 11.0 Å². The molecular formula is C6H13NO5. The predicted octanol–water partition coefficient (Wildman–Crippen LogP) is -2.62. The van der Waals surface area contributed by atoms with Gasteiger partial charge in [-0.2, -0.15) is 0 Å². The first kappa shape index (κ1) is 3.59. The second-order valence-corrected chi connectivity index (χ2v) is 1.64. The maximum atomic E-state index is 10.6. The van der Waals surface area contributed by atoms with Gasteiger partial charge in [0.25, 0.3) is 0 Å². The third kappa shape index (κ3) is 3.14. The number of aliphatic hydroxyl groups is 3. The highest BCUT2D eigenvalue weighted by Crippen LogP contribution is 1.99. The van der Waals surface area contributed by atoms with Crippen molar-refractivity contribution in [2.24, 2.45) is 0 Å². The Morgan fingerprint density at radius 3 is 2.00 bits per heavy atom. The van der Waals surface area contributed by atoms with Crippen molar-refractivity contribution in [2.45, 2.75) is 5.54 Å². The number of carboxylic acids is 1. The third-order valence-electron chi connectivity index (χ3n) is 0.860. The standard InChI is InChI=1S/C6H13NO5/c8-2-6(3-9,4-10)7-1-5(11)12/h7-10H,1-4H2,(H,11,12)/i1D2,2D2,3D2,4D2. The molecule has 0 aromatic carbocycles. The minimum atomic E-state index is -4.09. The van der Waals surface area contributed by atoms with Crippen molar-refractivity contribution in [3.05, 3.63) is 0 Å². The van der Waals surface area contributed by atoms with E-state index in [0.717, 1.165) is 5.32 Å². The molecule has 0 atom stereocenters. The van der Waals surface area contributed by atoms with Crippen LogP contribution in [0.5, 0.6) is 0 Å². The van der Waals surface area contributed by atoms with Crippen LogP contribution in [0.25, 0.3) is 0 Å². The molecule has 0 aliphatic carbocycles. The number of nitrogens with one attached hydrogen (secondary N) is 1. The summed E-state index contributed by atoms with van der Waals surface area (Å²) in [5, 5.41) is 37.3. The molecule has 0 amide bonds. The van der Waals surface area contributed by atoms with Gasteiger partial charge in [-0.05, 0) is 0 Å². The molecule has 0 saturated heterocycles. The Morgan fingerprint density at radius 1 is 1.33 bits per heavy atom. The summed E-state index contributed by atoms with van der Waals surface area (Å²) in [6.07, 6.45) is 0. The van der Waals surface area contributed by atoms with E-state index in [9.17, 15) is 20.1 Å². The average Bonchev–Trinajstić information content (AvgIpc) is 2.07. The van der Waals surface area contributed by atoms with E-state index in [2.05, 4.69) is 0 Å². The minimum Gasteiger partial charge on any atom is -0.480 e. The summed E-state index contributed by atoms with van der Waals surface area (Å²) in [5.41, 5.74) is -4.06. The fourth-order valence-corrected chi connectivity index (χ4v) is 0.306. The maximum Gasteiger partial charge on any atom is 0.317 e. The fraction of sp³-hybridized carbons (Fsp3) is 0.833. The second-order valence-electron chi connectivity index (χ2n) is 1.64. The average molecular weight is 187 g/mol. The lowest BCUT2D eigenvalue weighted by Gasteiger charge is -2.27. The van der Waals surface area contributed by atoms with Gasteiger partial charge in [0.15, 0.2) is 0 Å². The molecule has 0 unspecified atom stereocenters. The topological polar surface area (TPSA) is 110 Å². The Balaban J connectivity index is 6.29. The molecule has 0 rings (SSSR count). The van der Waals surface area contributed by atoms with E-state index in [4.69, 9.17) is 16.1 Å². The molecule has 6 heteroatoms. The molecule has 0 aromatic rings. The van der Waals surface area contributed by atoms with Gasteiger partial charge in [-0.1, -0.05) is 0 Å². The summed E-state index contributed by atoms with van der Waals surface area (Å²) in [5.74, 6) is -2.32. The summed E-state index contributed by atoms with van der Waals surface area (Å²) in [4.78, 5) is 10.6. The van der Waals surface area contributed by atoms with Gasteiger partial charge in [0.05, 0.1) is 42.7 Å². The lowest BCUT2D eigenvalue weighted by atomic mass is 10.0. The molecule has 0 fully saturated rings. The largest absolute Gasteiger partial charge is 0.480 e. The normalized spacial score (nSPS) is 26.2. The summed E-state index contributed by atoms with van der Waals surface area (Å²) in [6, 6.07) is 0. The van der Waals surface area contributed by atoms with Crippen LogP contribution in [0.3, 0.4) is 0 Å². The van der Waals surface area contributed by atoms with E-state index in [1.807, 2.05) is 0 Å². The highest BCUT2D eigenvalue weighted by Gasteiger charge is 2.27. The minimum absolute atomic E-state index is 0.985. The van der Waals surface area contributed by atoms with Crippen LogP contribution in [0.4, 0.5) is 0 Å². The van der Waals surface area contributed by atoms with Gasteiger partial charge in [-0.25, -0.2) is 0 Å². The van der Waals surface area contributed by atoms with E-state index >= 15 is 0 Å². The fourth-order valence-electron chi connectivity index (χ4n) is 0.306. The Bertz CT molecular complexity index is 346. The lowest BCUT2D eigenvalue weighted by molar-refractivity contribution is -0.136. The number of aliphatic carboxylic acids is 1. The second kappa shape index (κ2) is 5.04. The van der Waals surface area contributed by atoms with Crippen molar-refractivity contribution >= 4 is 5.97 Å². The number of carbonyl (C=O) groups is 1. The van der Waals surface area contributed by atoms with Gasteiger partial charge in [-0.15, -0.1) is 0 Å². The first-order chi connectivity index (χ1) is 8.40. The van der Waals surface area contributed by atoms with Crippen molar-refractivity contribution in [2.75, 3.05) is 26.2 Å². The van der Waals surface area contributed by atoms with Crippen LogP contribution < -0.4 is 5.32 Å². The van der Waals surface area contributed by atoms with Crippen LogP contribution >= 0.6 is 0 Å². The summed E-state index contributed by atoms with van der Waals surface area (Å²) in [7, 11) is 0.